The average Bonchev–Trinajstić information content (AvgIpc) is 2.84. The normalized spacial score (nSPS) is 22.5. The van der Waals surface area contributed by atoms with Crippen LogP contribution < -0.4 is 10.1 Å². The zero-order chi connectivity index (χ0) is 15.3. The number of ether oxygens (including phenoxy) is 1. The van der Waals surface area contributed by atoms with Gasteiger partial charge in [0, 0.05) is 0 Å². The van der Waals surface area contributed by atoms with Crippen LogP contribution in [0.4, 0.5) is 13.2 Å². The second-order valence-corrected chi connectivity index (χ2v) is 5.65. The third kappa shape index (κ3) is 5.23. The molecule has 21 heavy (non-hydrogen) atoms. The van der Waals surface area contributed by atoms with Crippen molar-refractivity contribution in [1.82, 2.24) is 5.32 Å². The summed E-state index contributed by atoms with van der Waals surface area (Å²) in [6.07, 6.45) is 0.00599. The third-order valence-electron chi connectivity index (χ3n) is 4.13. The zero-order valence-electron chi connectivity index (χ0n) is 12.2. The van der Waals surface area contributed by atoms with Gasteiger partial charge in [-0.05, 0) is 61.9 Å². The van der Waals surface area contributed by atoms with Crippen LogP contribution in [0.15, 0.2) is 24.3 Å². The van der Waals surface area contributed by atoms with Crippen LogP contribution in [0, 0.1) is 11.8 Å². The van der Waals surface area contributed by atoms with Crippen molar-refractivity contribution in [3.63, 3.8) is 0 Å². The predicted octanol–water partition coefficient (Wildman–Crippen LogP) is 4.15. The molecule has 2 rings (SSSR count). The first kappa shape index (κ1) is 16.1. The van der Waals surface area contributed by atoms with Crippen LogP contribution in [-0.2, 0) is 6.42 Å². The van der Waals surface area contributed by atoms with Crippen molar-refractivity contribution in [2.75, 3.05) is 13.1 Å². The summed E-state index contributed by atoms with van der Waals surface area (Å²) < 4.78 is 40.2. The monoisotopic (exact) mass is 301 g/mol. The summed E-state index contributed by atoms with van der Waals surface area (Å²) >= 11 is 0. The molecule has 0 bridgehead atoms. The summed E-state index contributed by atoms with van der Waals surface area (Å²) in [5.41, 5.74) is 1.08. The Kier molecular flexibility index (Phi) is 5.51. The predicted molar refractivity (Wildman–Crippen MR) is 76.2 cm³/mol. The van der Waals surface area contributed by atoms with Crippen LogP contribution in [0.1, 0.15) is 31.7 Å². The molecule has 2 atom stereocenters. The number of halogens is 3. The summed E-state index contributed by atoms with van der Waals surface area (Å²) in [6, 6.07) is 6.28. The smallest absolute Gasteiger partial charge is 0.406 e. The van der Waals surface area contributed by atoms with E-state index >= 15 is 0 Å². The SMILES string of the molecule is CCNCC1CCCC1Cc1ccc(OC(F)(F)F)cc1. The second kappa shape index (κ2) is 7.16. The highest BCUT2D eigenvalue weighted by Gasteiger charge is 2.31. The first-order valence-electron chi connectivity index (χ1n) is 7.53. The van der Waals surface area contributed by atoms with Gasteiger partial charge in [-0.2, -0.15) is 0 Å². The van der Waals surface area contributed by atoms with Crippen LogP contribution in [0.2, 0.25) is 0 Å². The standard InChI is InChI=1S/C16H22F3NO/c1-2-20-11-14-5-3-4-13(14)10-12-6-8-15(9-7-12)21-16(17,18)19/h6-9,13-14,20H,2-5,10-11H2,1H3. The topological polar surface area (TPSA) is 21.3 Å². The molecule has 0 radical (unpaired) electrons. The third-order valence-corrected chi connectivity index (χ3v) is 4.13. The van der Waals surface area contributed by atoms with E-state index in [0.29, 0.717) is 11.8 Å². The molecule has 1 saturated carbocycles. The molecule has 1 fully saturated rings. The van der Waals surface area contributed by atoms with Crippen LogP contribution in [0.25, 0.3) is 0 Å². The minimum atomic E-state index is -4.62. The lowest BCUT2D eigenvalue weighted by molar-refractivity contribution is -0.274. The van der Waals surface area contributed by atoms with Gasteiger partial charge in [-0.15, -0.1) is 13.2 Å². The average molecular weight is 301 g/mol. The molecule has 0 aliphatic heterocycles. The quantitative estimate of drug-likeness (QED) is 0.852. The summed E-state index contributed by atoms with van der Waals surface area (Å²) in [5, 5.41) is 3.40. The summed E-state index contributed by atoms with van der Waals surface area (Å²) in [5.74, 6) is 1.15. The van der Waals surface area contributed by atoms with Gasteiger partial charge in [0.25, 0.3) is 0 Å². The molecule has 0 amide bonds. The van der Waals surface area contributed by atoms with Gasteiger partial charge in [0.15, 0.2) is 0 Å². The van der Waals surface area contributed by atoms with E-state index in [-0.39, 0.29) is 5.75 Å². The minimum absolute atomic E-state index is 0.151. The van der Waals surface area contributed by atoms with Gasteiger partial charge >= 0.3 is 6.36 Å². The summed E-state index contributed by atoms with van der Waals surface area (Å²) in [6.45, 7) is 4.12. The first-order valence-corrected chi connectivity index (χ1v) is 7.53. The van der Waals surface area contributed by atoms with Gasteiger partial charge in [0.05, 0.1) is 0 Å². The van der Waals surface area contributed by atoms with Crippen LogP contribution in [0.3, 0.4) is 0 Å². The molecule has 1 aromatic carbocycles. The molecule has 118 valence electrons. The lowest BCUT2D eigenvalue weighted by Crippen LogP contribution is -2.25. The molecule has 0 heterocycles. The van der Waals surface area contributed by atoms with Crippen molar-refractivity contribution < 1.29 is 17.9 Å². The highest BCUT2D eigenvalue weighted by Crippen LogP contribution is 2.34. The van der Waals surface area contributed by atoms with E-state index in [0.717, 1.165) is 25.1 Å². The fourth-order valence-electron chi connectivity index (χ4n) is 3.11. The Balaban J connectivity index is 1.90. The zero-order valence-corrected chi connectivity index (χ0v) is 12.2. The number of benzene rings is 1. The minimum Gasteiger partial charge on any atom is -0.406 e. The van der Waals surface area contributed by atoms with E-state index in [2.05, 4.69) is 17.0 Å². The molecule has 1 aliphatic carbocycles. The van der Waals surface area contributed by atoms with E-state index in [1.807, 2.05) is 0 Å². The maximum absolute atomic E-state index is 12.1. The molecule has 0 saturated heterocycles. The van der Waals surface area contributed by atoms with Crippen LogP contribution >= 0.6 is 0 Å². The maximum Gasteiger partial charge on any atom is 0.573 e. The molecule has 1 aliphatic rings. The van der Waals surface area contributed by atoms with Crippen molar-refractivity contribution in [3.05, 3.63) is 29.8 Å². The molecule has 5 heteroatoms. The molecule has 0 aromatic heterocycles. The second-order valence-electron chi connectivity index (χ2n) is 5.65. The lowest BCUT2D eigenvalue weighted by atomic mass is 9.89. The van der Waals surface area contributed by atoms with Gasteiger partial charge in [0.1, 0.15) is 5.75 Å². The van der Waals surface area contributed by atoms with Crippen molar-refractivity contribution in [2.45, 2.75) is 39.0 Å². The number of alkyl halides is 3. The first-order chi connectivity index (χ1) is 9.98. The van der Waals surface area contributed by atoms with Gasteiger partial charge in [0.2, 0.25) is 0 Å². The van der Waals surface area contributed by atoms with Gasteiger partial charge in [-0.25, -0.2) is 0 Å². The van der Waals surface area contributed by atoms with E-state index in [4.69, 9.17) is 0 Å². The maximum atomic E-state index is 12.1. The van der Waals surface area contributed by atoms with Crippen molar-refractivity contribution in [3.8, 4) is 5.75 Å². The fourth-order valence-corrected chi connectivity index (χ4v) is 3.11. The Bertz CT molecular complexity index is 430. The van der Waals surface area contributed by atoms with Crippen LogP contribution in [0.5, 0.6) is 5.75 Å². The lowest BCUT2D eigenvalue weighted by Gasteiger charge is -2.20. The Morgan fingerprint density at radius 3 is 2.43 bits per heavy atom. The highest BCUT2D eigenvalue weighted by molar-refractivity contribution is 5.27. The Morgan fingerprint density at radius 1 is 1.14 bits per heavy atom. The van der Waals surface area contributed by atoms with Gasteiger partial charge in [-0.3, -0.25) is 0 Å². The molecular weight excluding hydrogens is 279 g/mol. The molecular formula is C16H22F3NO. The van der Waals surface area contributed by atoms with Crippen molar-refractivity contribution in [2.24, 2.45) is 11.8 Å². The Morgan fingerprint density at radius 2 is 1.81 bits per heavy atom. The summed E-state index contributed by atoms with van der Waals surface area (Å²) in [4.78, 5) is 0. The van der Waals surface area contributed by atoms with E-state index < -0.39 is 6.36 Å². The summed E-state index contributed by atoms with van der Waals surface area (Å²) in [7, 11) is 0. The molecule has 2 unspecified atom stereocenters. The van der Waals surface area contributed by atoms with Crippen LogP contribution in [-0.4, -0.2) is 19.5 Å². The molecule has 1 N–H and O–H groups in total. The Hall–Kier alpha value is -1.23. The number of rotatable bonds is 6. The van der Waals surface area contributed by atoms with Gasteiger partial charge in [-0.1, -0.05) is 25.5 Å². The van der Waals surface area contributed by atoms with Crippen molar-refractivity contribution in [1.29, 1.82) is 0 Å². The number of nitrogens with one attached hydrogen (secondary N) is 1. The van der Waals surface area contributed by atoms with E-state index in [1.54, 1.807) is 12.1 Å². The fraction of sp³-hybridized carbons (Fsp3) is 0.625. The van der Waals surface area contributed by atoms with E-state index in [1.165, 1.54) is 31.4 Å². The van der Waals surface area contributed by atoms with Gasteiger partial charge < -0.3 is 10.1 Å². The largest absolute Gasteiger partial charge is 0.573 e. The molecule has 1 aromatic rings. The number of hydrogen-bond donors (Lipinski definition) is 1. The highest BCUT2D eigenvalue weighted by atomic mass is 19.4. The molecule has 2 nitrogen and oxygen atoms in total. The van der Waals surface area contributed by atoms with E-state index in [9.17, 15) is 13.2 Å². The molecule has 0 spiro atoms. The number of hydrogen-bond acceptors (Lipinski definition) is 2. The Labute approximate surface area is 123 Å². The van der Waals surface area contributed by atoms with Crippen molar-refractivity contribution >= 4 is 0 Å².